The van der Waals surface area contributed by atoms with Gasteiger partial charge in [0.15, 0.2) is 0 Å². The highest BCUT2D eigenvalue weighted by molar-refractivity contribution is 7.10. The van der Waals surface area contributed by atoms with E-state index < -0.39 is 12.0 Å². The van der Waals surface area contributed by atoms with Crippen LogP contribution in [0.5, 0.6) is 0 Å². The lowest BCUT2D eigenvalue weighted by atomic mass is 9.93. The Morgan fingerprint density at radius 1 is 1.60 bits per heavy atom. The van der Waals surface area contributed by atoms with E-state index >= 15 is 0 Å². The molecule has 3 atom stereocenters. The zero-order valence-electron chi connectivity index (χ0n) is 11.7. The van der Waals surface area contributed by atoms with Crippen molar-refractivity contribution in [2.24, 2.45) is 0 Å². The molecule has 0 amide bonds. The monoisotopic (exact) mass is 295 g/mol. The number of ether oxygens (including phenoxy) is 1. The molecule has 0 bridgehead atoms. The smallest absolute Gasteiger partial charge is 0.325 e. The maximum atomic E-state index is 11.8. The predicted molar refractivity (Wildman–Crippen MR) is 78.2 cm³/mol. The van der Waals surface area contributed by atoms with E-state index in [0.717, 1.165) is 44.4 Å². The first-order valence-electron chi connectivity index (χ1n) is 7.37. The highest BCUT2D eigenvalue weighted by Crippen LogP contribution is 2.37. The standard InChI is InChI=1S/C15H21NO3S/c1-2-11-9-10(4-7-19-11)16-6-3-13-12(5-8-20-13)14(16)15(17)18/h5,8,10-11,14H,2-4,6-7,9H2,1H3,(H,17,18). The second kappa shape index (κ2) is 5.84. The average Bonchev–Trinajstić information content (AvgIpc) is 2.94. The van der Waals surface area contributed by atoms with Crippen molar-refractivity contribution in [3.8, 4) is 0 Å². The first-order valence-corrected chi connectivity index (χ1v) is 8.25. The molecule has 2 aliphatic heterocycles. The minimum absolute atomic E-state index is 0.284. The maximum Gasteiger partial charge on any atom is 0.325 e. The van der Waals surface area contributed by atoms with Crippen molar-refractivity contribution in [3.63, 3.8) is 0 Å². The maximum absolute atomic E-state index is 11.8. The fourth-order valence-electron chi connectivity index (χ4n) is 3.45. The summed E-state index contributed by atoms with van der Waals surface area (Å²) in [5.74, 6) is -0.719. The van der Waals surface area contributed by atoms with Crippen LogP contribution in [0.15, 0.2) is 11.4 Å². The van der Waals surface area contributed by atoms with Gasteiger partial charge in [0.1, 0.15) is 6.04 Å². The first-order chi connectivity index (χ1) is 9.70. The number of rotatable bonds is 3. The Balaban J connectivity index is 1.84. The number of carboxylic acids is 1. The molecule has 5 heteroatoms. The second-order valence-electron chi connectivity index (χ2n) is 5.61. The van der Waals surface area contributed by atoms with Gasteiger partial charge in [-0.1, -0.05) is 6.92 Å². The zero-order chi connectivity index (χ0) is 14.1. The minimum atomic E-state index is -0.719. The number of aliphatic carboxylic acids is 1. The summed E-state index contributed by atoms with van der Waals surface area (Å²) in [6.45, 7) is 3.74. The summed E-state index contributed by atoms with van der Waals surface area (Å²) in [6.07, 6.45) is 4.17. The quantitative estimate of drug-likeness (QED) is 0.931. The number of nitrogens with zero attached hydrogens (tertiary/aromatic N) is 1. The number of hydrogen-bond acceptors (Lipinski definition) is 4. The van der Waals surface area contributed by atoms with Crippen molar-refractivity contribution >= 4 is 17.3 Å². The topological polar surface area (TPSA) is 49.8 Å². The number of carbonyl (C=O) groups is 1. The Bertz CT molecular complexity index is 487. The third kappa shape index (κ3) is 2.50. The molecule has 3 heterocycles. The number of hydrogen-bond donors (Lipinski definition) is 1. The highest BCUT2D eigenvalue weighted by Gasteiger charge is 2.39. The van der Waals surface area contributed by atoms with Gasteiger partial charge in [0, 0.05) is 24.1 Å². The largest absolute Gasteiger partial charge is 0.480 e. The summed E-state index contributed by atoms with van der Waals surface area (Å²) in [5.41, 5.74) is 1.01. The Kier molecular flexibility index (Phi) is 4.10. The van der Waals surface area contributed by atoms with Gasteiger partial charge >= 0.3 is 5.97 Å². The third-order valence-corrected chi connectivity index (χ3v) is 5.50. The lowest BCUT2D eigenvalue weighted by Gasteiger charge is -2.42. The van der Waals surface area contributed by atoms with Crippen LogP contribution >= 0.6 is 11.3 Å². The molecule has 0 spiro atoms. The van der Waals surface area contributed by atoms with Crippen molar-refractivity contribution in [3.05, 3.63) is 21.9 Å². The van der Waals surface area contributed by atoms with E-state index in [2.05, 4.69) is 11.8 Å². The van der Waals surface area contributed by atoms with Gasteiger partial charge in [0.2, 0.25) is 0 Å². The average molecular weight is 295 g/mol. The lowest BCUT2D eigenvalue weighted by molar-refractivity contribution is -0.147. The summed E-state index contributed by atoms with van der Waals surface area (Å²) in [6, 6.07) is 1.86. The molecule has 0 aromatic carbocycles. The SMILES string of the molecule is CCC1CC(N2CCc3sccc3C2C(=O)O)CCO1. The van der Waals surface area contributed by atoms with Gasteiger partial charge in [0.05, 0.1) is 6.10 Å². The van der Waals surface area contributed by atoms with Crippen LogP contribution in [0.2, 0.25) is 0 Å². The molecule has 4 nitrogen and oxygen atoms in total. The van der Waals surface area contributed by atoms with E-state index in [9.17, 15) is 9.90 Å². The van der Waals surface area contributed by atoms with Gasteiger partial charge in [0.25, 0.3) is 0 Å². The van der Waals surface area contributed by atoms with E-state index in [0.29, 0.717) is 6.04 Å². The number of fused-ring (bicyclic) bond motifs is 1. The normalized spacial score (nSPS) is 30.9. The second-order valence-corrected chi connectivity index (χ2v) is 6.61. The molecule has 3 unspecified atom stereocenters. The molecule has 1 saturated heterocycles. The Morgan fingerprint density at radius 3 is 3.20 bits per heavy atom. The van der Waals surface area contributed by atoms with Crippen molar-refractivity contribution in [2.45, 2.75) is 50.8 Å². The zero-order valence-corrected chi connectivity index (χ0v) is 12.6. The lowest BCUT2D eigenvalue weighted by Crippen LogP contribution is -2.49. The Labute approximate surface area is 123 Å². The van der Waals surface area contributed by atoms with Gasteiger partial charge < -0.3 is 9.84 Å². The van der Waals surface area contributed by atoms with Crippen LogP contribution < -0.4 is 0 Å². The minimum Gasteiger partial charge on any atom is -0.480 e. The van der Waals surface area contributed by atoms with E-state index in [4.69, 9.17) is 4.74 Å². The van der Waals surface area contributed by atoms with E-state index in [1.807, 2.05) is 11.4 Å². The van der Waals surface area contributed by atoms with Gasteiger partial charge in [-0.05, 0) is 42.7 Å². The van der Waals surface area contributed by atoms with Crippen LogP contribution in [0.1, 0.15) is 42.7 Å². The fraction of sp³-hybridized carbons (Fsp3) is 0.667. The molecular weight excluding hydrogens is 274 g/mol. The molecule has 0 saturated carbocycles. The van der Waals surface area contributed by atoms with Crippen LogP contribution in [-0.2, 0) is 16.0 Å². The Morgan fingerprint density at radius 2 is 2.45 bits per heavy atom. The predicted octanol–water partition coefficient (Wildman–Crippen LogP) is 2.69. The summed E-state index contributed by atoms with van der Waals surface area (Å²) in [7, 11) is 0. The van der Waals surface area contributed by atoms with E-state index in [1.54, 1.807) is 11.3 Å². The molecular formula is C15H21NO3S. The van der Waals surface area contributed by atoms with Crippen molar-refractivity contribution < 1.29 is 14.6 Å². The summed E-state index contributed by atoms with van der Waals surface area (Å²) < 4.78 is 5.73. The number of thiophene rings is 1. The van der Waals surface area contributed by atoms with Crippen LogP contribution in [0.25, 0.3) is 0 Å². The molecule has 20 heavy (non-hydrogen) atoms. The number of carboxylic acid groups (broad SMARTS) is 1. The van der Waals surface area contributed by atoms with Crippen LogP contribution in [0.4, 0.5) is 0 Å². The van der Waals surface area contributed by atoms with E-state index in [-0.39, 0.29) is 6.10 Å². The van der Waals surface area contributed by atoms with Crippen molar-refractivity contribution in [1.29, 1.82) is 0 Å². The summed E-state index contributed by atoms with van der Waals surface area (Å²) in [5, 5.41) is 11.7. The highest BCUT2D eigenvalue weighted by atomic mass is 32.1. The van der Waals surface area contributed by atoms with Crippen molar-refractivity contribution in [1.82, 2.24) is 4.90 Å². The fourth-order valence-corrected chi connectivity index (χ4v) is 4.35. The summed E-state index contributed by atoms with van der Waals surface area (Å²) in [4.78, 5) is 15.2. The molecule has 110 valence electrons. The van der Waals surface area contributed by atoms with Gasteiger partial charge in [-0.25, -0.2) is 0 Å². The van der Waals surface area contributed by atoms with Crippen LogP contribution in [-0.4, -0.2) is 41.3 Å². The molecule has 0 aliphatic carbocycles. The first kappa shape index (κ1) is 14.0. The molecule has 1 fully saturated rings. The van der Waals surface area contributed by atoms with Gasteiger partial charge in [-0.15, -0.1) is 11.3 Å². The molecule has 1 aromatic rings. The third-order valence-electron chi connectivity index (χ3n) is 4.50. The van der Waals surface area contributed by atoms with Crippen molar-refractivity contribution in [2.75, 3.05) is 13.2 Å². The van der Waals surface area contributed by atoms with Crippen LogP contribution in [0.3, 0.4) is 0 Å². The van der Waals surface area contributed by atoms with Gasteiger partial charge in [-0.3, -0.25) is 9.69 Å². The molecule has 1 aromatic heterocycles. The van der Waals surface area contributed by atoms with Gasteiger partial charge in [-0.2, -0.15) is 0 Å². The molecule has 3 rings (SSSR count). The van der Waals surface area contributed by atoms with Crippen LogP contribution in [0, 0.1) is 0 Å². The van der Waals surface area contributed by atoms with E-state index in [1.165, 1.54) is 4.88 Å². The molecule has 1 N–H and O–H groups in total. The Hall–Kier alpha value is -0.910. The molecule has 2 aliphatic rings. The summed E-state index contributed by atoms with van der Waals surface area (Å²) >= 11 is 1.69. The molecule has 0 radical (unpaired) electrons.